The highest BCUT2D eigenvalue weighted by atomic mass is 32.1. The van der Waals surface area contributed by atoms with Crippen LogP contribution in [0, 0.1) is 0 Å². The summed E-state index contributed by atoms with van der Waals surface area (Å²) in [5.41, 5.74) is 2.03. The number of hydrogen-bond donors (Lipinski definition) is 1. The molecule has 0 atom stereocenters. The molecular weight excluding hydrogens is 312 g/mol. The van der Waals surface area contributed by atoms with Crippen LogP contribution >= 0.6 is 11.3 Å². The minimum Gasteiger partial charge on any atom is -0.318 e. The zero-order chi connectivity index (χ0) is 15.8. The van der Waals surface area contributed by atoms with Gasteiger partial charge in [0.15, 0.2) is 0 Å². The SMILES string of the molecule is Cn1cc(-c2nc(C(=O)Nc3cnn(C4CCC4)c3)cs2)cn1. The molecule has 0 unspecified atom stereocenters. The Hall–Kier alpha value is -2.48. The van der Waals surface area contributed by atoms with Gasteiger partial charge in [-0.2, -0.15) is 10.2 Å². The predicted molar refractivity (Wildman–Crippen MR) is 87.4 cm³/mol. The second-order valence-electron chi connectivity index (χ2n) is 5.69. The predicted octanol–water partition coefficient (Wildman–Crippen LogP) is 2.72. The van der Waals surface area contributed by atoms with Crippen molar-refractivity contribution in [2.75, 3.05) is 5.32 Å². The van der Waals surface area contributed by atoms with Gasteiger partial charge < -0.3 is 5.32 Å². The Morgan fingerprint density at radius 1 is 1.30 bits per heavy atom. The first-order chi connectivity index (χ1) is 11.2. The largest absolute Gasteiger partial charge is 0.318 e. The van der Waals surface area contributed by atoms with Crippen molar-refractivity contribution in [3.63, 3.8) is 0 Å². The molecule has 1 N–H and O–H groups in total. The van der Waals surface area contributed by atoms with E-state index in [1.54, 1.807) is 22.5 Å². The Balaban J connectivity index is 1.46. The van der Waals surface area contributed by atoms with Crippen LogP contribution in [0.4, 0.5) is 5.69 Å². The lowest BCUT2D eigenvalue weighted by molar-refractivity contribution is 0.102. The standard InChI is InChI=1S/C15H16N6OS/c1-20-7-10(5-16-20)15-19-13(9-23-15)14(22)18-11-6-17-21(8-11)12-3-2-4-12/h5-9,12H,2-4H2,1H3,(H,18,22). The van der Waals surface area contributed by atoms with Gasteiger partial charge >= 0.3 is 0 Å². The lowest BCUT2D eigenvalue weighted by Crippen LogP contribution is -2.17. The third-order valence-electron chi connectivity index (χ3n) is 4.00. The first-order valence-corrected chi connectivity index (χ1v) is 8.37. The molecular formula is C15H16N6OS. The summed E-state index contributed by atoms with van der Waals surface area (Å²) in [5, 5.41) is 13.8. The monoisotopic (exact) mass is 328 g/mol. The van der Waals surface area contributed by atoms with Gasteiger partial charge in [-0.3, -0.25) is 14.2 Å². The van der Waals surface area contributed by atoms with E-state index in [9.17, 15) is 4.79 Å². The average molecular weight is 328 g/mol. The molecule has 1 aliphatic carbocycles. The van der Waals surface area contributed by atoms with Crippen molar-refractivity contribution in [2.45, 2.75) is 25.3 Å². The molecule has 0 bridgehead atoms. The van der Waals surface area contributed by atoms with Crippen molar-refractivity contribution in [2.24, 2.45) is 7.05 Å². The van der Waals surface area contributed by atoms with Crippen molar-refractivity contribution in [1.82, 2.24) is 24.5 Å². The van der Waals surface area contributed by atoms with Gasteiger partial charge in [0.1, 0.15) is 10.7 Å². The number of aromatic nitrogens is 5. The van der Waals surface area contributed by atoms with E-state index < -0.39 is 0 Å². The highest BCUT2D eigenvalue weighted by Gasteiger charge is 2.20. The van der Waals surface area contributed by atoms with Crippen LogP contribution < -0.4 is 5.32 Å². The maximum atomic E-state index is 12.3. The van der Waals surface area contributed by atoms with Crippen LogP contribution in [-0.4, -0.2) is 30.5 Å². The Bertz CT molecular complexity index is 844. The zero-order valence-corrected chi connectivity index (χ0v) is 13.5. The molecule has 1 amide bonds. The van der Waals surface area contributed by atoms with Crippen molar-refractivity contribution >= 4 is 22.9 Å². The number of nitrogens with one attached hydrogen (secondary N) is 1. The number of rotatable bonds is 4. The number of carbonyl (C=O) groups is 1. The summed E-state index contributed by atoms with van der Waals surface area (Å²) in [6.45, 7) is 0. The summed E-state index contributed by atoms with van der Waals surface area (Å²) < 4.78 is 3.65. The molecule has 0 spiro atoms. The summed E-state index contributed by atoms with van der Waals surface area (Å²) >= 11 is 1.43. The summed E-state index contributed by atoms with van der Waals surface area (Å²) in [7, 11) is 1.85. The van der Waals surface area contributed by atoms with Crippen LogP contribution in [0.5, 0.6) is 0 Å². The van der Waals surface area contributed by atoms with Crippen LogP contribution in [-0.2, 0) is 7.05 Å². The molecule has 0 aliphatic heterocycles. The van der Waals surface area contributed by atoms with Crippen molar-refractivity contribution in [1.29, 1.82) is 0 Å². The molecule has 0 aromatic carbocycles. The molecule has 1 saturated carbocycles. The van der Waals surface area contributed by atoms with Gasteiger partial charge in [0, 0.05) is 30.4 Å². The quantitative estimate of drug-likeness (QED) is 0.799. The minimum absolute atomic E-state index is 0.218. The molecule has 1 fully saturated rings. The van der Waals surface area contributed by atoms with Crippen LogP contribution in [0.15, 0.2) is 30.2 Å². The van der Waals surface area contributed by atoms with Crippen molar-refractivity contribution in [3.8, 4) is 10.6 Å². The molecule has 23 heavy (non-hydrogen) atoms. The summed E-state index contributed by atoms with van der Waals surface area (Å²) in [6.07, 6.45) is 10.8. The third-order valence-corrected chi connectivity index (χ3v) is 4.89. The number of carbonyl (C=O) groups excluding carboxylic acids is 1. The molecule has 3 heterocycles. The van der Waals surface area contributed by atoms with E-state index in [-0.39, 0.29) is 5.91 Å². The first kappa shape index (κ1) is 14.1. The molecule has 3 aromatic heterocycles. The van der Waals surface area contributed by atoms with Gasteiger partial charge in [0.2, 0.25) is 0 Å². The van der Waals surface area contributed by atoms with Gasteiger partial charge in [0.05, 0.1) is 24.1 Å². The normalized spacial score (nSPS) is 14.7. The molecule has 4 rings (SSSR count). The Morgan fingerprint density at radius 2 is 2.17 bits per heavy atom. The number of anilines is 1. The fourth-order valence-corrected chi connectivity index (χ4v) is 3.27. The number of hydrogen-bond acceptors (Lipinski definition) is 5. The van der Waals surface area contributed by atoms with Crippen LogP contribution in [0.2, 0.25) is 0 Å². The summed E-state index contributed by atoms with van der Waals surface area (Å²) in [4.78, 5) is 16.7. The van der Waals surface area contributed by atoms with Gasteiger partial charge in [-0.1, -0.05) is 0 Å². The van der Waals surface area contributed by atoms with E-state index in [0.717, 1.165) is 23.4 Å². The van der Waals surface area contributed by atoms with E-state index in [4.69, 9.17) is 0 Å². The number of nitrogens with zero attached hydrogens (tertiary/aromatic N) is 5. The van der Waals surface area contributed by atoms with Gasteiger partial charge in [-0.15, -0.1) is 11.3 Å². The van der Waals surface area contributed by atoms with E-state index in [1.807, 2.05) is 24.1 Å². The van der Waals surface area contributed by atoms with Crippen LogP contribution in [0.3, 0.4) is 0 Å². The lowest BCUT2D eigenvalue weighted by Gasteiger charge is -2.25. The second kappa shape index (κ2) is 5.62. The molecule has 0 saturated heterocycles. The Kier molecular flexibility index (Phi) is 3.45. The van der Waals surface area contributed by atoms with Gasteiger partial charge in [0.25, 0.3) is 5.91 Å². The maximum absolute atomic E-state index is 12.3. The Labute approximate surface area is 137 Å². The maximum Gasteiger partial charge on any atom is 0.275 e. The van der Waals surface area contributed by atoms with Crippen molar-refractivity contribution in [3.05, 3.63) is 35.9 Å². The van der Waals surface area contributed by atoms with Crippen LogP contribution in [0.25, 0.3) is 10.6 Å². The smallest absolute Gasteiger partial charge is 0.275 e. The van der Waals surface area contributed by atoms with E-state index in [2.05, 4.69) is 20.5 Å². The zero-order valence-electron chi connectivity index (χ0n) is 12.6. The summed E-state index contributed by atoms with van der Waals surface area (Å²) in [5.74, 6) is -0.218. The minimum atomic E-state index is -0.218. The molecule has 0 radical (unpaired) electrons. The molecule has 8 heteroatoms. The van der Waals surface area contributed by atoms with Gasteiger partial charge in [-0.25, -0.2) is 4.98 Å². The molecule has 3 aromatic rings. The molecule has 7 nitrogen and oxygen atoms in total. The highest BCUT2D eigenvalue weighted by Crippen LogP contribution is 2.31. The fraction of sp³-hybridized carbons (Fsp3) is 0.333. The Morgan fingerprint density at radius 3 is 2.87 bits per heavy atom. The lowest BCUT2D eigenvalue weighted by atomic mass is 9.93. The number of aryl methyl sites for hydroxylation is 1. The first-order valence-electron chi connectivity index (χ1n) is 7.49. The molecule has 118 valence electrons. The third kappa shape index (κ3) is 2.77. The van der Waals surface area contributed by atoms with Crippen molar-refractivity contribution < 1.29 is 4.79 Å². The van der Waals surface area contributed by atoms with E-state index in [0.29, 0.717) is 17.4 Å². The number of amides is 1. The van der Waals surface area contributed by atoms with E-state index >= 15 is 0 Å². The fourth-order valence-electron chi connectivity index (χ4n) is 2.49. The molecule has 1 aliphatic rings. The summed E-state index contributed by atoms with van der Waals surface area (Å²) in [6, 6.07) is 0.483. The van der Waals surface area contributed by atoms with Crippen LogP contribution in [0.1, 0.15) is 35.8 Å². The van der Waals surface area contributed by atoms with Gasteiger partial charge in [-0.05, 0) is 19.3 Å². The average Bonchev–Trinajstić information content (AvgIpc) is 3.17. The highest BCUT2D eigenvalue weighted by molar-refractivity contribution is 7.13. The van der Waals surface area contributed by atoms with E-state index in [1.165, 1.54) is 17.8 Å². The topological polar surface area (TPSA) is 77.6 Å². The number of thiazole rings is 1. The second-order valence-corrected chi connectivity index (χ2v) is 6.55.